The van der Waals surface area contributed by atoms with Crippen LogP contribution >= 0.6 is 11.6 Å². The quantitative estimate of drug-likeness (QED) is 0.289. The second-order valence-electron chi connectivity index (χ2n) is 6.95. The van der Waals surface area contributed by atoms with Crippen molar-refractivity contribution >= 4 is 44.9 Å². The molecule has 13 heteroatoms. The van der Waals surface area contributed by atoms with Crippen molar-refractivity contribution < 1.29 is 32.4 Å². The summed E-state index contributed by atoms with van der Waals surface area (Å²) in [4.78, 5) is 35.0. The Hall–Kier alpha value is -3.22. The summed E-state index contributed by atoms with van der Waals surface area (Å²) < 4.78 is 36.7. The van der Waals surface area contributed by atoms with E-state index in [1.807, 2.05) is 0 Å². The third-order valence-electron chi connectivity index (χ3n) is 4.82. The largest absolute Gasteiger partial charge is 0.490 e. The molecule has 11 nitrogen and oxygen atoms in total. The van der Waals surface area contributed by atoms with Crippen LogP contribution in [0.25, 0.3) is 0 Å². The Morgan fingerprint density at radius 3 is 2.38 bits per heavy atom. The van der Waals surface area contributed by atoms with Crippen LogP contribution in [-0.2, 0) is 19.6 Å². The monoisotopic (exact) mass is 513 g/mol. The second-order valence-corrected chi connectivity index (χ2v) is 9.27. The van der Waals surface area contributed by atoms with E-state index in [0.717, 1.165) is 6.07 Å². The lowest BCUT2D eigenvalue weighted by Crippen LogP contribution is -2.31. The fourth-order valence-electron chi connectivity index (χ4n) is 3.05. The zero-order chi connectivity index (χ0) is 25.6. The van der Waals surface area contributed by atoms with E-state index in [1.165, 1.54) is 35.7 Å². The molecule has 184 valence electrons. The average Bonchev–Trinajstić information content (AvgIpc) is 2.79. The van der Waals surface area contributed by atoms with E-state index in [1.54, 1.807) is 20.8 Å². The predicted octanol–water partition coefficient (Wildman–Crippen LogP) is 3.39. The first-order chi connectivity index (χ1) is 16.0. The van der Waals surface area contributed by atoms with Crippen molar-refractivity contribution in [3.05, 3.63) is 56.6 Å². The number of ether oxygens (including phenoxy) is 2. The van der Waals surface area contributed by atoms with Crippen LogP contribution in [0.3, 0.4) is 0 Å². The highest BCUT2D eigenvalue weighted by atomic mass is 35.5. The van der Waals surface area contributed by atoms with Gasteiger partial charge in [0, 0.05) is 30.9 Å². The van der Waals surface area contributed by atoms with Gasteiger partial charge in [-0.05, 0) is 30.7 Å². The molecule has 0 spiro atoms. The van der Waals surface area contributed by atoms with E-state index in [4.69, 9.17) is 21.1 Å². The number of methoxy groups -OCH3 is 1. The molecule has 0 saturated heterocycles. The van der Waals surface area contributed by atoms with Crippen molar-refractivity contribution in [1.82, 2.24) is 4.31 Å². The van der Waals surface area contributed by atoms with Gasteiger partial charge in [-0.25, -0.2) is 13.2 Å². The molecule has 1 amide bonds. The number of nitrogens with zero attached hydrogens (tertiary/aromatic N) is 2. The van der Waals surface area contributed by atoms with Crippen molar-refractivity contribution in [2.75, 3.05) is 32.1 Å². The maximum Gasteiger partial charge on any atom is 0.338 e. The van der Waals surface area contributed by atoms with Crippen LogP contribution in [0.2, 0.25) is 5.02 Å². The van der Waals surface area contributed by atoms with Crippen LogP contribution in [0, 0.1) is 17.0 Å². The normalized spacial score (nSPS) is 11.2. The Bertz CT molecular complexity index is 1210. The summed E-state index contributed by atoms with van der Waals surface area (Å²) >= 11 is 6.06. The molecule has 0 aliphatic heterocycles. The summed E-state index contributed by atoms with van der Waals surface area (Å²) in [5.41, 5.74) is 0.275. The van der Waals surface area contributed by atoms with Crippen molar-refractivity contribution in [3.63, 3.8) is 0 Å². The number of anilines is 1. The third-order valence-corrected chi connectivity index (χ3v) is 7.35. The molecule has 2 aromatic rings. The number of hydrogen-bond donors (Lipinski definition) is 1. The Morgan fingerprint density at radius 1 is 1.18 bits per heavy atom. The molecule has 0 aromatic heterocycles. The third kappa shape index (κ3) is 6.01. The number of nitrogens with one attached hydrogen (secondary N) is 1. The van der Waals surface area contributed by atoms with E-state index in [2.05, 4.69) is 5.32 Å². The van der Waals surface area contributed by atoms with E-state index < -0.39 is 33.4 Å². The number of halogens is 1. The lowest BCUT2D eigenvalue weighted by Gasteiger charge is -2.19. The Balaban J connectivity index is 2.15. The van der Waals surface area contributed by atoms with Gasteiger partial charge in [-0.1, -0.05) is 25.4 Å². The number of carbonyl (C=O) groups excluding carboxylic acids is 2. The molecule has 34 heavy (non-hydrogen) atoms. The van der Waals surface area contributed by atoms with E-state index in [-0.39, 0.29) is 45.7 Å². The van der Waals surface area contributed by atoms with Gasteiger partial charge in [0.2, 0.25) is 10.0 Å². The zero-order valence-corrected chi connectivity index (χ0v) is 20.5. The van der Waals surface area contributed by atoms with Gasteiger partial charge in [-0.2, -0.15) is 4.31 Å². The number of esters is 1. The number of sulfonamides is 1. The minimum Gasteiger partial charge on any atom is -0.490 e. The molecule has 0 unspecified atom stereocenters. The number of carbonyl (C=O) groups is 2. The van der Waals surface area contributed by atoms with Gasteiger partial charge >= 0.3 is 11.7 Å². The summed E-state index contributed by atoms with van der Waals surface area (Å²) in [5, 5.41) is 13.5. The molecule has 0 aliphatic rings. The molecular weight excluding hydrogens is 490 g/mol. The molecule has 0 aliphatic carbocycles. The molecule has 0 fully saturated rings. The molecule has 0 atom stereocenters. The number of amides is 1. The van der Waals surface area contributed by atoms with Crippen molar-refractivity contribution in [2.24, 2.45) is 0 Å². The van der Waals surface area contributed by atoms with Crippen LogP contribution in [0.5, 0.6) is 5.75 Å². The summed E-state index contributed by atoms with van der Waals surface area (Å²) in [6.45, 7) is 4.66. The van der Waals surface area contributed by atoms with Crippen molar-refractivity contribution in [3.8, 4) is 5.75 Å². The molecule has 2 aromatic carbocycles. The van der Waals surface area contributed by atoms with Gasteiger partial charge in [-0.15, -0.1) is 0 Å². The number of benzene rings is 2. The number of aryl methyl sites for hydroxylation is 1. The lowest BCUT2D eigenvalue weighted by atomic mass is 10.1. The predicted molar refractivity (Wildman–Crippen MR) is 125 cm³/mol. The van der Waals surface area contributed by atoms with Gasteiger partial charge < -0.3 is 14.8 Å². The van der Waals surface area contributed by atoms with Gasteiger partial charge in [0.15, 0.2) is 12.4 Å². The van der Waals surface area contributed by atoms with Crippen LogP contribution in [0.4, 0.5) is 11.4 Å². The van der Waals surface area contributed by atoms with Crippen LogP contribution < -0.4 is 10.1 Å². The van der Waals surface area contributed by atoms with Gasteiger partial charge in [0.1, 0.15) is 4.90 Å². The average molecular weight is 514 g/mol. The fourth-order valence-corrected chi connectivity index (χ4v) is 5.00. The van der Waals surface area contributed by atoms with Crippen LogP contribution in [0.1, 0.15) is 29.8 Å². The smallest absolute Gasteiger partial charge is 0.338 e. The Kier molecular flexibility index (Phi) is 8.96. The van der Waals surface area contributed by atoms with Crippen molar-refractivity contribution in [1.29, 1.82) is 0 Å². The topological polar surface area (TPSA) is 145 Å². The lowest BCUT2D eigenvalue weighted by molar-refractivity contribution is -0.385. The number of nitro groups is 1. The van der Waals surface area contributed by atoms with E-state index in [0.29, 0.717) is 5.56 Å². The first-order valence-electron chi connectivity index (χ1n) is 10.1. The van der Waals surface area contributed by atoms with E-state index in [9.17, 15) is 28.1 Å². The molecule has 0 saturated carbocycles. The number of hydrogen-bond acceptors (Lipinski definition) is 8. The SMILES string of the molecule is CCN(CC)S(=O)(=O)c1cc(C(=O)OCC(=O)Nc2cc(OC)c([N+](=O)[O-])cc2C)ccc1Cl. The minimum atomic E-state index is -3.93. The highest BCUT2D eigenvalue weighted by Gasteiger charge is 2.26. The maximum absolute atomic E-state index is 12.8. The Morgan fingerprint density at radius 2 is 1.82 bits per heavy atom. The molecule has 0 radical (unpaired) electrons. The molecule has 0 bridgehead atoms. The second kappa shape index (κ2) is 11.3. The zero-order valence-electron chi connectivity index (χ0n) is 19.0. The highest BCUT2D eigenvalue weighted by molar-refractivity contribution is 7.89. The van der Waals surface area contributed by atoms with Crippen molar-refractivity contribution in [2.45, 2.75) is 25.7 Å². The molecular formula is C21H24ClN3O8S. The minimum absolute atomic E-state index is 0.0500. The summed E-state index contributed by atoms with van der Waals surface area (Å²) in [6, 6.07) is 6.18. The first kappa shape index (κ1) is 27.0. The molecule has 1 N–H and O–H groups in total. The molecule has 0 heterocycles. The standard InChI is InChI=1S/C21H24ClN3O8S/c1-5-24(6-2)34(30,31)19-10-14(7-8-15(19)22)21(27)33-12-20(26)23-16-11-18(32-4)17(25(28)29)9-13(16)3/h7-11H,5-6,12H2,1-4H3,(H,23,26). The van der Waals surface area contributed by atoms with Crippen LogP contribution in [0.15, 0.2) is 35.2 Å². The highest BCUT2D eigenvalue weighted by Crippen LogP contribution is 2.32. The summed E-state index contributed by atoms with van der Waals surface area (Å²) in [5.74, 6) is -1.69. The maximum atomic E-state index is 12.8. The van der Waals surface area contributed by atoms with E-state index >= 15 is 0 Å². The van der Waals surface area contributed by atoms with Crippen LogP contribution in [-0.4, -0.2) is 56.3 Å². The molecule has 2 rings (SSSR count). The fraction of sp³-hybridized carbons (Fsp3) is 0.333. The van der Waals surface area contributed by atoms with Gasteiger partial charge in [0.25, 0.3) is 5.91 Å². The first-order valence-corrected chi connectivity index (χ1v) is 11.9. The Labute approximate surface area is 201 Å². The summed E-state index contributed by atoms with van der Waals surface area (Å²) in [7, 11) is -2.67. The number of rotatable bonds is 10. The number of nitro benzene ring substituents is 1. The summed E-state index contributed by atoms with van der Waals surface area (Å²) in [6.07, 6.45) is 0. The van der Waals surface area contributed by atoms with Gasteiger partial charge in [0.05, 0.1) is 22.6 Å². The van der Waals surface area contributed by atoms with Gasteiger partial charge in [-0.3, -0.25) is 14.9 Å².